The van der Waals surface area contributed by atoms with Gasteiger partial charge in [0.25, 0.3) is 0 Å². The van der Waals surface area contributed by atoms with Crippen LogP contribution in [0.1, 0.15) is 15.4 Å². The molecule has 0 atom stereocenters. The summed E-state index contributed by atoms with van der Waals surface area (Å²) < 4.78 is 0. The van der Waals surface area contributed by atoms with Gasteiger partial charge in [0, 0.05) is 22.7 Å². The van der Waals surface area contributed by atoms with Gasteiger partial charge in [0.15, 0.2) is 10.8 Å². The van der Waals surface area contributed by atoms with Crippen molar-refractivity contribution in [1.82, 2.24) is 4.98 Å². The zero-order chi connectivity index (χ0) is 13.9. The Morgan fingerprint density at radius 2 is 2.15 bits per heavy atom. The highest BCUT2D eigenvalue weighted by Gasteiger charge is 2.13. The van der Waals surface area contributed by atoms with Gasteiger partial charge in [-0.2, -0.15) is 11.3 Å². The van der Waals surface area contributed by atoms with E-state index in [-0.39, 0.29) is 18.0 Å². The molecule has 0 radical (unpaired) electrons. The summed E-state index contributed by atoms with van der Waals surface area (Å²) in [6, 6.07) is 8.74. The Kier molecular flexibility index (Phi) is 3.62. The lowest BCUT2D eigenvalue weighted by Crippen LogP contribution is -2.02. The van der Waals surface area contributed by atoms with Gasteiger partial charge in [0.1, 0.15) is 5.75 Å². The van der Waals surface area contributed by atoms with Crippen LogP contribution in [-0.4, -0.2) is 15.9 Å². The predicted octanol–water partition coefficient (Wildman–Crippen LogP) is 4.00. The first-order chi connectivity index (χ1) is 9.72. The molecule has 0 unspecified atom stereocenters. The van der Waals surface area contributed by atoms with E-state index in [4.69, 9.17) is 0 Å². The molecule has 3 aromatic rings. The average Bonchev–Trinajstić information content (AvgIpc) is 3.10. The smallest absolute Gasteiger partial charge is 0.195 e. The lowest BCUT2D eigenvalue weighted by molar-refractivity contribution is 0.0992. The molecule has 0 aliphatic heterocycles. The molecule has 20 heavy (non-hydrogen) atoms. The summed E-state index contributed by atoms with van der Waals surface area (Å²) in [6.07, 6.45) is 0.255. The molecular weight excluding hydrogens is 290 g/mol. The van der Waals surface area contributed by atoms with E-state index in [0.29, 0.717) is 5.01 Å². The summed E-state index contributed by atoms with van der Waals surface area (Å²) in [5.41, 5.74) is 2.68. The summed E-state index contributed by atoms with van der Waals surface area (Å²) in [6.45, 7) is 0. The number of benzene rings is 1. The highest BCUT2D eigenvalue weighted by atomic mass is 32.1. The van der Waals surface area contributed by atoms with Gasteiger partial charge in [-0.3, -0.25) is 4.79 Å². The highest BCUT2D eigenvalue weighted by molar-refractivity contribution is 7.12. The van der Waals surface area contributed by atoms with Crippen LogP contribution in [0.4, 0.5) is 0 Å². The van der Waals surface area contributed by atoms with Crippen LogP contribution in [0.15, 0.2) is 46.5 Å². The van der Waals surface area contributed by atoms with Crippen LogP contribution in [0.2, 0.25) is 0 Å². The van der Waals surface area contributed by atoms with Crippen molar-refractivity contribution in [3.8, 4) is 17.0 Å². The maximum Gasteiger partial charge on any atom is 0.195 e. The fourth-order valence-electron chi connectivity index (χ4n) is 1.87. The van der Waals surface area contributed by atoms with Crippen molar-refractivity contribution in [3.05, 3.63) is 57.0 Å². The molecule has 0 aliphatic carbocycles. The minimum absolute atomic E-state index is 0.0259. The van der Waals surface area contributed by atoms with E-state index in [9.17, 15) is 9.90 Å². The number of hydrogen-bond acceptors (Lipinski definition) is 5. The average molecular weight is 301 g/mol. The molecule has 3 nitrogen and oxygen atoms in total. The van der Waals surface area contributed by atoms with Gasteiger partial charge in [-0.1, -0.05) is 12.1 Å². The molecule has 1 aromatic carbocycles. The van der Waals surface area contributed by atoms with E-state index in [1.54, 1.807) is 29.5 Å². The second kappa shape index (κ2) is 5.56. The van der Waals surface area contributed by atoms with Gasteiger partial charge in [-0.15, -0.1) is 11.3 Å². The van der Waals surface area contributed by atoms with Crippen LogP contribution in [-0.2, 0) is 6.42 Å². The van der Waals surface area contributed by atoms with Crippen LogP contribution in [0.3, 0.4) is 0 Å². The minimum Gasteiger partial charge on any atom is -0.508 e. The highest BCUT2D eigenvalue weighted by Crippen LogP contribution is 2.25. The number of nitrogens with zero attached hydrogens (tertiary/aromatic N) is 1. The van der Waals surface area contributed by atoms with Gasteiger partial charge in [0.2, 0.25) is 0 Å². The number of aromatic nitrogens is 1. The standard InChI is InChI=1S/C15H11NO2S2/c17-12-3-1-2-10(6-12)7-14(18)15-16-13(9-20-15)11-4-5-19-8-11/h1-6,8-9,17H,7H2. The quantitative estimate of drug-likeness (QED) is 0.741. The van der Waals surface area contributed by atoms with Crippen LogP contribution in [0.25, 0.3) is 11.3 Å². The number of thiazole rings is 1. The third-order valence-corrected chi connectivity index (χ3v) is 4.40. The van der Waals surface area contributed by atoms with E-state index in [2.05, 4.69) is 4.98 Å². The van der Waals surface area contributed by atoms with Crippen molar-refractivity contribution < 1.29 is 9.90 Å². The molecule has 0 saturated carbocycles. The van der Waals surface area contributed by atoms with E-state index in [1.807, 2.05) is 28.3 Å². The van der Waals surface area contributed by atoms with Gasteiger partial charge in [-0.05, 0) is 29.1 Å². The molecule has 0 aliphatic rings. The lowest BCUT2D eigenvalue weighted by atomic mass is 10.1. The SMILES string of the molecule is O=C(Cc1cccc(O)c1)c1nc(-c2ccsc2)cs1. The van der Waals surface area contributed by atoms with Crippen molar-refractivity contribution >= 4 is 28.5 Å². The number of hydrogen-bond donors (Lipinski definition) is 1. The zero-order valence-corrected chi connectivity index (χ0v) is 12.1. The van der Waals surface area contributed by atoms with Crippen molar-refractivity contribution in [2.75, 3.05) is 0 Å². The van der Waals surface area contributed by atoms with E-state index in [0.717, 1.165) is 16.8 Å². The Hall–Kier alpha value is -1.98. The van der Waals surface area contributed by atoms with Crippen LogP contribution >= 0.6 is 22.7 Å². The zero-order valence-electron chi connectivity index (χ0n) is 10.4. The van der Waals surface area contributed by atoms with Crippen LogP contribution < -0.4 is 0 Å². The van der Waals surface area contributed by atoms with Gasteiger partial charge >= 0.3 is 0 Å². The van der Waals surface area contributed by atoms with Crippen molar-refractivity contribution in [3.63, 3.8) is 0 Å². The number of carbonyl (C=O) groups excluding carboxylic acids is 1. The molecule has 1 N–H and O–H groups in total. The first kappa shape index (κ1) is 13.0. The molecule has 0 saturated heterocycles. The Bertz CT molecular complexity index is 732. The molecule has 100 valence electrons. The summed E-state index contributed by atoms with van der Waals surface area (Å²) in [5, 5.41) is 15.8. The number of aromatic hydroxyl groups is 1. The molecule has 2 heterocycles. The summed E-state index contributed by atoms with van der Waals surface area (Å²) in [7, 11) is 0. The number of Topliss-reactive ketones (excluding diaryl/α,β-unsaturated/α-hetero) is 1. The van der Waals surface area contributed by atoms with E-state index >= 15 is 0 Å². The topological polar surface area (TPSA) is 50.2 Å². The third-order valence-electron chi connectivity index (χ3n) is 2.83. The summed E-state index contributed by atoms with van der Waals surface area (Å²) in [4.78, 5) is 16.6. The Balaban J connectivity index is 1.78. The van der Waals surface area contributed by atoms with Crippen molar-refractivity contribution in [2.45, 2.75) is 6.42 Å². The third kappa shape index (κ3) is 2.79. The monoisotopic (exact) mass is 301 g/mol. The first-order valence-corrected chi connectivity index (χ1v) is 7.84. The number of rotatable bonds is 4. The fourth-order valence-corrected chi connectivity index (χ4v) is 3.29. The largest absolute Gasteiger partial charge is 0.508 e. The number of carbonyl (C=O) groups is 1. The van der Waals surface area contributed by atoms with Gasteiger partial charge in [-0.25, -0.2) is 4.98 Å². The Morgan fingerprint density at radius 1 is 1.25 bits per heavy atom. The molecule has 2 aromatic heterocycles. The van der Waals surface area contributed by atoms with Crippen molar-refractivity contribution in [1.29, 1.82) is 0 Å². The summed E-state index contributed by atoms with van der Waals surface area (Å²) in [5.74, 6) is 0.149. The van der Waals surface area contributed by atoms with E-state index in [1.165, 1.54) is 11.3 Å². The second-order valence-electron chi connectivity index (χ2n) is 4.32. The van der Waals surface area contributed by atoms with Crippen LogP contribution in [0.5, 0.6) is 5.75 Å². The number of thiophene rings is 1. The molecular formula is C15H11NO2S2. The molecule has 0 bridgehead atoms. The predicted molar refractivity (Wildman–Crippen MR) is 81.6 cm³/mol. The Labute approximate surface area is 124 Å². The first-order valence-electron chi connectivity index (χ1n) is 6.01. The van der Waals surface area contributed by atoms with E-state index < -0.39 is 0 Å². The summed E-state index contributed by atoms with van der Waals surface area (Å²) >= 11 is 2.97. The number of phenols is 1. The normalized spacial score (nSPS) is 10.6. The number of phenolic OH excluding ortho intramolecular Hbond substituents is 1. The lowest BCUT2D eigenvalue weighted by Gasteiger charge is -1.99. The van der Waals surface area contributed by atoms with Crippen molar-refractivity contribution in [2.24, 2.45) is 0 Å². The van der Waals surface area contributed by atoms with Gasteiger partial charge < -0.3 is 5.11 Å². The molecule has 0 amide bonds. The maximum atomic E-state index is 12.2. The molecule has 3 rings (SSSR count). The number of ketones is 1. The molecule has 0 spiro atoms. The fraction of sp³-hybridized carbons (Fsp3) is 0.0667. The maximum absolute atomic E-state index is 12.2. The Morgan fingerprint density at radius 3 is 2.90 bits per heavy atom. The van der Waals surface area contributed by atoms with Crippen LogP contribution in [0, 0.1) is 0 Å². The molecule has 5 heteroatoms. The minimum atomic E-state index is -0.0259. The van der Waals surface area contributed by atoms with Gasteiger partial charge in [0.05, 0.1) is 5.69 Å². The second-order valence-corrected chi connectivity index (χ2v) is 5.96. The molecule has 0 fully saturated rings.